The molecule has 196 valence electrons. The van der Waals surface area contributed by atoms with Crippen molar-refractivity contribution in [3.8, 4) is 0 Å². The Hall–Kier alpha value is -2.66. The van der Waals surface area contributed by atoms with E-state index in [1.54, 1.807) is 12.1 Å². The van der Waals surface area contributed by atoms with Gasteiger partial charge in [0.15, 0.2) is 9.84 Å². The summed E-state index contributed by atoms with van der Waals surface area (Å²) in [6, 6.07) is 17.4. The Morgan fingerprint density at radius 2 is 1.51 bits per heavy atom. The molecule has 0 saturated carbocycles. The molecular formula is C27H27ClF2N2O4S. The Bertz CT molecular complexity index is 1390. The van der Waals surface area contributed by atoms with Crippen LogP contribution in [0.5, 0.6) is 0 Å². The third kappa shape index (κ3) is 6.81. The van der Waals surface area contributed by atoms with E-state index in [9.17, 15) is 27.4 Å². The topological polar surface area (TPSA) is 89.9 Å². The van der Waals surface area contributed by atoms with Gasteiger partial charge in [0, 0.05) is 43.9 Å². The summed E-state index contributed by atoms with van der Waals surface area (Å²) in [5, 5.41) is 22.1. The molecular weight excluding hydrogens is 522 g/mol. The van der Waals surface area contributed by atoms with Crippen LogP contribution in [0.15, 0.2) is 72.3 Å². The molecule has 0 spiro atoms. The number of hydrogen-bond acceptors (Lipinski definition) is 6. The van der Waals surface area contributed by atoms with Crippen molar-refractivity contribution >= 4 is 26.3 Å². The zero-order chi connectivity index (χ0) is 27.0. The third-order valence-electron chi connectivity index (χ3n) is 6.08. The Labute approximate surface area is 219 Å². The molecule has 1 atom stereocenters. The van der Waals surface area contributed by atoms with Gasteiger partial charge in [0.1, 0.15) is 11.6 Å². The molecule has 1 saturated heterocycles. The summed E-state index contributed by atoms with van der Waals surface area (Å²) in [4.78, 5) is 2.00. The summed E-state index contributed by atoms with van der Waals surface area (Å²) in [5.41, 5.74) is 3.26. The second kappa shape index (κ2) is 10.6. The fourth-order valence-electron chi connectivity index (χ4n) is 4.48. The van der Waals surface area contributed by atoms with Crippen LogP contribution in [0, 0.1) is 11.6 Å². The van der Waals surface area contributed by atoms with E-state index >= 15 is 0 Å². The quantitative estimate of drug-likeness (QED) is 0.365. The Morgan fingerprint density at radius 1 is 1.00 bits per heavy atom. The molecule has 1 heterocycles. The summed E-state index contributed by atoms with van der Waals surface area (Å²) in [6.07, 6.45) is 1.04. The summed E-state index contributed by atoms with van der Waals surface area (Å²) in [5.74, 6) is -3.68. The van der Waals surface area contributed by atoms with Gasteiger partial charge < -0.3 is 10.2 Å². The van der Waals surface area contributed by atoms with Gasteiger partial charge in [-0.1, -0.05) is 48.0 Å². The Morgan fingerprint density at radius 3 is 2.00 bits per heavy atom. The first-order valence-corrected chi connectivity index (χ1v) is 13.7. The molecule has 0 unspecified atom stereocenters. The number of rotatable bonds is 8. The zero-order valence-electron chi connectivity index (χ0n) is 20.2. The van der Waals surface area contributed by atoms with Crippen LogP contribution < -0.4 is 5.32 Å². The van der Waals surface area contributed by atoms with Crippen LogP contribution in [-0.2, 0) is 16.4 Å². The van der Waals surface area contributed by atoms with E-state index in [1.807, 2.05) is 36.4 Å². The van der Waals surface area contributed by atoms with E-state index in [-0.39, 0.29) is 36.1 Å². The highest BCUT2D eigenvalue weighted by atomic mass is 35.5. The van der Waals surface area contributed by atoms with Gasteiger partial charge >= 0.3 is 0 Å². The first kappa shape index (κ1) is 27.4. The summed E-state index contributed by atoms with van der Waals surface area (Å²) >= 11 is 6.09. The average molecular weight is 549 g/mol. The SMILES string of the molecule is CC(O)(O)NCc1ccc([C@H](c2ccc(Cl)cc2)N2CC(=C(c3cc(F)cc(F)c3)S(C)(=O)=O)C2)cc1. The van der Waals surface area contributed by atoms with E-state index in [0.29, 0.717) is 16.7 Å². The number of likely N-dealkylation sites (tertiary alicyclic amines) is 1. The second-order valence-electron chi connectivity index (χ2n) is 9.34. The highest BCUT2D eigenvalue weighted by molar-refractivity contribution is 8.00. The normalized spacial score (nSPS) is 15.4. The van der Waals surface area contributed by atoms with Crippen molar-refractivity contribution in [3.63, 3.8) is 0 Å². The van der Waals surface area contributed by atoms with Gasteiger partial charge in [-0.05, 0) is 52.1 Å². The Balaban J connectivity index is 1.67. The van der Waals surface area contributed by atoms with Crippen molar-refractivity contribution in [1.82, 2.24) is 10.2 Å². The Kier molecular flexibility index (Phi) is 7.85. The predicted molar refractivity (Wildman–Crippen MR) is 139 cm³/mol. The van der Waals surface area contributed by atoms with Crippen molar-refractivity contribution in [2.75, 3.05) is 19.3 Å². The average Bonchev–Trinajstić information content (AvgIpc) is 2.76. The summed E-state index contributed by atoms with van der Waals surface area (Å²) < 4.78 is 53.0. The molecule has 6 nitrogen and oxygen atoms in total. The summed E-state index contributed by atoms with van der Waals surface area (Å²) in [7, 11) is -3.77. The van der Waals surface area contributed by atoms with Crippen LogP contribution in [0.25, 0.3) is 4.91 Å². The van der Waals surface area contributed by atoms with E-state index in [0.717, 1.165) is 35.1 Å². The molecule has 3 aromatic rings. The van der Waals surface area contributed by atoms with Gasteiger partial charge in [0.2, 0.25) is 5.91 Å². The fraction of sp³-hybridized carbons (Fsp3) is 0.259. The maximum atomic E-state index is 13.9. The molecule has 0 aromatic heterocycles. The van der Waals surface area contributed by atoms with Crippen LogP contribution in [0.1, 0.15) is 35.2 Å². The van der Waals surface area contributed by atoms with Gasteiger partial charge in [-0.15, -0.1) is 0 Å². The maximum Gasteiger partial charge on any atom is 0.219 e. The molecule has 3 aromatic carbocycles. The number of hydrogen-bond donors (Lipinski definition) is 3. The minimum absolute atomic E-state index is 0.00527. The molecule has 0 aliphatic carbocycles. The van der Waals surface area contributed by atoms with Crippen molar-refractivity contribution in [3.05, 3.63) is 111 Å². The van der Waals surface area contributed by atoms with Crippen molar-refractivity contribution in [2.24, 2.45) is 0 Å². The van der Waals surface area contributed by atoms with Gasteiger partial charge in [0.25, 0.3) is 0 Å². The predicted octanol–water partition coefficient (Wildman–Crippen LogP) is 4.23. The molecule has 10 heteroatoms. The van der Waals surface area contributed by atoms with E-state index < -0.39 is 27.4 Å². The van der Waals surface area contributed by atoms with Crippen LogP contribution in [-0.4, -0.2) is 48.8 Å². The number of sulfone groups is 1. The van der Waals surface area contributed by atoms with E-state index in [4.69, 9.17) is 11.6 Å². The lowest BCUT2D eigenvalue weighted by Gasteiger charge is -2.42. The van der Waals surface area contributed by atoms with E-state index in [2.05, 4.69) is 10.2 Å². The fourth-order valence-corrected chi connectivity index (χ4v) is 5.81. The van der Waals surface area contributed by atoms with Gasteiger partial charge in [-0.3, -0.25) is 10.2 Å². The minimum atomic E-state index is -3.77. The number of halogens is 3. The van der Waals surface area contributed by atoms with Crippen LogP contribution in [0.4, 0.5) is 8.78 Å². The summed E-state index contributed by atoms with van der Waals surface area (Å²) in [6.45, 7) is 2.04. The molecule has 1 fully saturated rings. The van der Waals surface area contributed by atoms with E-state index in [1.165, 1.54) is 6.92 Å². The number of benzene rings is 3. The molecule has 0 radical (unpaired) electrons. The van der Waals surface area contributed by atoms with Gasteiger partial charge in [-0.25, -0.2) is 17.2 Å². The zero-order valence-corrected chi connectivity index (χ0v) is 21.8. The van der Waals surface area contributed by atoms with Crippen LogP contribution in [0.3, 0.4) is 0 Å². The highest BCUT2D eigenvalue weighted by Gasteiger charge is 2.35. The maximum absolute atomic E-state index is 13.9. The van der Waals surface area contributed by atoms with Crippen molar-refractivity contribution in [1.29, 1.82) is 0 Å². The van der Waals surface area contributed by atoms with Crippen molar-refractivity contribution < 1.29 is 27.4 Å². The second-order valence-corrected chi connectivity index (χ2v) is 11.7. The van der Waals surface area contributed by atoms with Gasteiger partial charge in [-0.2, -0.15) is 0 Å². The molecule has 0 amide bonds. The smallest absolute Gasteiger partial charge is 0.219 e. The number of aliphatic hydroxyl groups is 2. The molecule has 0 bridgehead atoms. The standard InChI is InChI=1S/C27H27ClF2N2O4S/c1-27(33,34)31-14-17-3-5-18(6-4-17)25(19-7-9-22(28)10-8-19)32-15-21(16-32)26(37(2,35)36)20-11-23(29)13-24(30)12-20/h3-13,25,31,33-34H,14-16H2,1-2H3/t25-/m1/s1. The largest absolute Gasteiger partial charge is 0.354 e. The number of nitrogens with zero attached hydrogens (tertiary/aromatic N) is 1. The third-order valence-corrected chi connectivity index (χ3v) is 7.60. The first-order chi connectivity index (χ1) is 17.3. The minimum Gasteiger partial charge on any atom is -0.354 e. The number of nitrogens with one attached hydrogen (secondary N) is 1. The van der Waals surface area contributed by atoms with Crippen molar-refractivity contribution in [2.45, 2.75) is 25.4 Å². The lowest BCUT2D eigenvalue weighted by Crippen LogP contribution is -2.44. The molecule has 1 aliphatic rings. The van der Waals surface area contributed by atoms with Crippen LogP contribution >= 0.6 is 11.6 Å². The lowest BCUT2D eigenvalue weighted by atomic mass is 9.91. The van der Waals surface area contributed by atoms with Gasteiger partial charge in [0.05, 0.1) is 10.9 Å². The molecule has 37 heavy (non-hydrogen) atoms. The molecule has 3 N–H and O–H groups in total. The molecule has 1 aliphatic heterocycles. The highest BCUT2D eigenvalue weighted by Crippen LogP contribution is 2.38. The molecule has 4 rings (SSSR count). The monoisotopic (exact) mass is 548 g/mol. The lowest BCUT2D eigenvalue weighted by molar-refractivity contribution is -0.170. The first-order valence-electron chi connectivity index (χ1n) is 11.5. The van der Waals surface area contributed by atoms with Crippen LogP contribution in [0.2, 0.25) is 5.02 Å².